The Balaban J connectivity index is 1.98. The van der Waals surface area contributed by atoms with Gasteiger partial charge in [0.25, 0.3) is 5.91 Å². The zero-order valence-electron chi connectivity index (χ0n) is 17.0. The van der Waals surface area contributed by atoms with Crippen LogP contribution in [0.25, 0.3) is 0 Å². The predicted octanol–water partition coefficient (Wildman–Crippen LogP) is 5.25. The van der Waals surface area contributed by atoms with Crippen molar-refractivity contribution in [2.75, 3.05) is 0 Å². The second-order valence-corrected chi connectivity index (χ2v) is 8.11. The lowest BCUT2D eigenvalue weighted by molar-refractivity contribution is -0.127. The van der Waals surface area contributed by atoms with Crippen molar-refractivity contribution in [3.63, 3.8) is 0 Å². The number of carbonyl (C=O) groups excluding carboxylic acids is 1. The highest BCUT2D eigenvalue weighted by molar-refractivity contribution is 5.81. The number of aryl methyl sites for hydroxylation is 2. The van der Waals surface area contributed by atoms with E-state index in [1.54, 1.807) is 6.92 Å². The molecule has 0 aliphatic rings. The van der Waals surface area contributed by atoms with Gasteiger partial charge in [-0.05, 0) is 67.5 Å². The number of ether oxygens (including phenoxy) is 1. The van der Waals surface area contributed by atoms with E-state index in [4.69, 9.17) is 4.74 Å². The average Bonchev–Trinajstić information content (AvgIpc) is 2.57. The molecule has 0 saturated heterocycles. The van der Waals surface area contributed by atoms with Crippen molar-refractivity contribution in [2.24, 2.45) is 0 Å². The molecule has 26 heavy (non-hydrogen) atoms. The maximum atomic E-state index is 12.5. The molecule has 2 atom stereocenters. The van der Waals surface area contributed by atoms with E-state index in [1.165, 1.54) is 11.1 Å². The molecule has 2 aromatic rings. The Morgan fingerprint density at radius 3 is 2.12 bits per heavy atom. The van der Waals surface area contributed by atoms with Crippen LogP contribution < -0.4 is 10.1 Å². The van der Waals surface area contributed by atoms with Crippen molar-refractivity contribution in [3.8, 4) is 5.75 Å². The molecule has 0 radical (unpaired) electrons. The fourth-order valence-corrected chi connectivity index (χ4v) is 2.73. The minimum atomic E-state index is -0.548. The molecule has 0 aliphatic heterocycles. The Morgan fingerprint density at radius 1 is 0.962 bits per heavy atom. The molecule has 0 unspecified atom stereocenters. The van der Waals surface area contributed by atoms with Crippen LogP contribution in [0.2, 0.25) is 0 Å². The van der Waals surface area contributed by atoms with Gasteiger partial charge in [0.2, 0.25) is 0 Å². The lowest BCUT2D eigenvalue weighted by Gasteiger charge is -2.22. The first-order valence-corrected chi connectivity index (χ1v) is 9.22. The molecule has 2 rings (SSSR count). The summed E-state index contributed by atoms with van der Waals surface area (Å²) in [6, 6.07) is 14.2. The number of rotatable bonds is 5. The van der Waals surface area contributed by atoms with E-state index >= 15 is 0 Å². The quantitative estimate of drug-likeness (QED) is 0.798. The first kappa shape index (κ1) is 20.0. The fraction of sp³-hybridized carbons (Fsp3) is 0.435. The van der Waals surface area contributed by atoms with Gasteiger partial charge in [0.05, 0.1) is 6.04 Å². The zero-order chi connectivity index (χ0) is 19.5. The molecule has 0 saturated carbocycles. The molecule has 0 bridgehead atoms. The highest BCUT2D eigenvalue weighted by Gasteiger charge is 2.19. The lowest BCUT2D eigenvalue weighted by Crippen LogP contribution is -2.37. The molecule has 140 valence electrons. The maximum Gasteiger partial charge on any atom is 0.261 e. The molecule has 0 heterocycles. The molecule has 2 aromatic carbocycles. The van der Waals surface area contributed by atoms with E-state index in [1.807, 2.05) is 32.0 Å². The van der Waals surface area contributed by atoms with Gasteiger partial charge >= 0.3 is 0 Å². The number of amides is 1. The SMILES string of the molecule is Cc1ccc(O[C@@H](C)C(=O)N[C@H](C)c2ccc(C(C)(C)C)cc2)cc1C. The summed E-state index contributed by atoms with van der Waals surface area (Å²) in [6.45, 7) is 14.4. The first-order valence-electron chi connectivity index (χ1n) is 9.22. The van der Waals surface area contributed by atoms with E-state index < -0.39 is 6.10 Å². The third-order valence-electron chi connectivity index (χ3n) is 4.80. The van der Waals surface area contributed by atoms with Crippen LogP contribution in [-0.4, -0.2) is 12.0 Å². The average molecular weight is 354 g/mol. The van der Waals surface area contributed by atoms with Gasteiger partial charge in [0, 0.05) is 0 Å². The van der Waals surface area contributed by atoms with E-state index in [-0.39, 0.29) is 17.4 Å². The highest BCUT2D eigenvalue weighted by Crippen LogP contribution is 2.24. The summed E-state index contributed by atoms with van der Waals surface area (Å²) in [6.07, 6.45) is -0.548. The van der Waals surface area contributed by atoms with Crippen LogP contribution in [0.5, 0.6) is 5.75 Å². The third kappa shape index (κ3) is 5.10. The molecule has 1 N–H and O–H groups in total. The number of benzene rings is 2. The second-order valence-electron chi connectivity index (χ2n) is 8.11. The smallest absolute Gasteiger partial charge is 0.261 e. The number of hydrogen-bond donors (Lipinski definition) is 1. The maximum absolute atomic E-state index is 12.5. The number of carbonyl (C=O) groups is 1. The summed E-state index contributed by atoms with van der Waals surface area (Å²) >= 11 is 0. The van der Waals surface area contributed by atoms with Crippen molar-refractivity contribution >= 4 is 5.91 Å². The molecule has 0 aliphatic carbocycles. The van der Waals surface area contributed by atoms with Crippen LogP contribution >= 0.6 is 0 Å². The Morgan fingerprint density at radius 2 is 1.58 bits per heavy atom. The number of nitrogens with one attached hydrogen (secondary N) is 1. The van der Waals surface area contributed by atoms with Crippen LogP contribution in [0, 0.1) is 13.8 Å². The molecule has 0 spiro atoms. The van der Waals surface area contributed by atoms with Gasteiger partial charge < -0.3 is 10.1 Å². The summed E-state index contributed by atoms with van der Waals surface area (Å²) in [5.41, 5.74) is 4.86. The Bertz CT molecular complexity index is 757. The Hall–Kier alpha value is -2.29. The van der Waals surface area contributed by atoms with Gasteiger partial charge in [-0.15, -0.1) is 0 Å². The van der Waals surface area contributed by atoms with Crippen molar-refractivity contribution < 1.29 is 9.53 Å². The van der Waals surface area contributed by atoms with Gasteiger partial charge in [-0.2, -0.15) is 0 Å². The van der Waals surface area contributed by atoms with E-state index in [2.05, 4.69) is 57.3 Å². The van der Waals surface area contributed by atoms with Crippen LogP contribution in [-0.2, 0) is 10.2 Å². The van der Waals surface area contributed by atoms with Gasteiger partial charge in [0.1, 0.15) is 5.75 Å². The summed E-state index contributed by atoms with van der Waals surface area (Å²) < 4.78 is 5.80. The number of hydrogen-bond acceptors (Lipinski definition) is 2. The summed E-state index contributed by atoms with van der Waals surface area (Å²) in [4.78, 5) is 12.5. The minimum absolute atomic E-state index is 0.0673. The minimum Gasteiger partial charge on any atom is -0.481 e. The second kappa shape index (κ2) is 7.94. The fourth-order valence-electron chi connectivity index (χ4n) is 2.73. The van der Waals surface area contributed by atoms with Crippen molar-refractivity contribution in [1.29, 1.82) is 0 Å². The Labute approximate surface area is 157 Å². The molecule has 0 aromatic heterocycles. The van der Waals surface area contributed by atoms with Crippen LogP contribution in [0.3, 0.4) is 0 Å². The predicted molar refractivity (Wildman–Crippen MR) is 108 cm³/mol. The lowest BCUT2D eigenvalue weighted by atomic mass is 9.86. The van der Waals surface area contributed by atoms with E-state index in [0.717, 1.165) is 16.9 Å². The third-order valence-corrected chi connectivity index (χ3v) is 4.80. The van der Waals surface area contributed by atoms with Gasteiger partial charge in [-0.25, -0.2) is 0 Å². The van der Waals surface area contributed by atoms with Gasteiger partial charge in [-0.3, -0.25) is 4.79 Å². The molecule has 0 fully saturated rings. The highest BCUT2D eigenvalue weighted by atomic mass is 16.5. The largest absolute Gasteiger partial charge is 0.481 e. The molecular formula is C23H31NO2. The Kier molecular flexibility index (Phi) is 6.12. The standard InChI is InChI=1S/C23H31NO2/c1-15-8-13-21(14-16(15)2)26-18(4)22(25)24-17(3)19-9-11-20(12-10-19)23(5,6)7/h8-14,17-18H,1-7H3,(H,24,25)/t17-,18+/m1/s1. The van der Waals surface area contributed by atoms with Crippen LogP contribution in [0.1, 0.15) is 62.9 Å². The van der Waals surface area contributed by atoms with Gasteiger partial charge in [-0.1, -0.05) is 51.1 Å². The van der Waals surface area contributed by atoms with Crippen molar-refractivity contribution in [1.82, 2.24) is 5.32 Å². The van der Waals surface area contributed by atoms with Gasteiger partial charge in [0.15, 0.2) is 6.10 Å². The monoisotopic (exact) mass is 353 g/mol. The topological polar surface area (TPSA) is 38.3 Å². The van der Waals surface area contributed by atoms with E-state index in [9.17, 15) is 4.79 Å². The molecular weight excluding hydrogens is 322 g/mol. The first-order chi connectivity index (χ1) is 12.1. The molecule has 1 amide bonds. The molecule has 3 nitrogen and oxygen atoms in total. The van der Waals surface area contributed by atoms with Crippen molar-refractivity contribution in [2.45, 2.75) is 66.0 Å². The van der Waals surface area contributed by atoms with E-state index in [0.29, 0.717) is 0 Å². The summed E-state index contributed by atoms with van der Waals surface area (Å²) in [5.74, 6) is 0.605. The van der Waals surface area contributed by atoms with Crippen molar-refractivity contribution in [3.05, 3.63) is 64.7 Å². The molecule has 3 heteroatoms. The summed E-state index contributed by atoms with van der Waals surface area (Å²) in [7, 11) is 0. The normalized spacial score (nSPS) is 13.8. The van der Waals surface area contributed by atoms with Crippen LogP contribution in [0.4, 0.5) is 0 Å². The zero-order valence-corrected chi connectivity index (χ0v) is 17.0. The summed E-state index contributed by atoms with van der Waals surface area (Å²) in [5, 5.41) is 3.04. The van der Waals surface area contributed by atoms with Crippen LogP contribution in [0.15, 0.2) is 42.5 Å².